The molecule has 0 saturated carbocycles. The Morgan fingerprint density at radius 2 is 2.43 bits per heavy atom. The molecule has 2 heteroatoms. The number of hydrogen-bond acceptors (Lipinski definition) is 2. The van der Waals surface area contributed by atoms with E-state index in [0.29, 0.717) is 5.92 Å². The van der Waals surface area contributed by atoms with Crippen LogP contribution in [0, 0.1) is 5.92 Å². The molecular formula is C5H10O2. The van der Waals surface area contributed by atoms with E-state index in [4.69, 9.17) is 9.84 Å². The van der Waals surface area contributed by atoms with E-state index >= 15 is 0 Å². The second kappa shape index (κ2) is 1.80. The molecule has 0 aromatic rings. The molecule has 1 heterocycles. The standard InChI is InChI=1S/C5H10O2/c1-4-2-5(6)7-3-4/h4-6H,2-3H2,1H3. The van der Waals surface area contributed by atoms with Crippen LogP contribution < -0.4 is 0 Å². The zero-order valence-corrected chi connectivity index (χ0v) is 4.42. The van der Waals surface area contributed by atoms with Crippen molar-refractivity contribution in [1.29, 1.82) is 0 Å². The summed E-state index contributed by atoms with van der Waals surface area (Å²) >= 11 is 0. The predicted octanol–water partition coefficient (Wildman–Crippen LogP) is 0.361. The van der Waals surface area contributed by atoms with Gasteiger partial charge in [-0.25, -0.2) is 0 Å². The molecule has 1 fully saturated rings. The summed E-state index contributed by atoms with van der Waals surface area (Å²) in [6.07, 6.45) is 0.329. The average Bonchev–Trinajstić information content (AvgIpc) is 1.87. The molecule has 1 saturated heterocycles. The molecule has 0 bridgehead atoms. The topological polar surface area (TPSA) is 29.5 Å². The van der Waals surface area contributed by atoms with Gasteiger partial charge in [-0.05, 0) is 5.92 Å². The number of rotatable bonds is 0. The fraction of sp³-hybridized carbons (Fsp3) is 1.00. The van der Waals surface area contributed by atoms with E-state index in [1.165, 1.54) is 0 Å². The summed E-state index contributed by atoms with van der Waals surface area (Å²) in [6.45, 7) is 2.79. The first kappa shape index (κ1) is 5.06. The molecule has 0 spiro atoms. The minimum Gasteiger partial charge on any atom is -0.368 e. The maximum absolute atomic E-state index is 8.68. The second-order valence-corrected chi connectivity index (χ2v) is 2.13. The van der Waals surface area contributed by atoms with Gasteiger partial charge in [0.25, 0.3) is 0 Å². The molecule has 0 aromatic carbocycles. The molecule has 2 nitrogen and oxygen atoms in total. The molecule has 42 valence electrons. The van der Waals surface area contributed by atoms with Crippen LogP contribution in [-0.2, 0) is 4.74 Å². The Hall–Kier alpha value is -0.0800. The van der Waals surface area contributed by atoms with Crippen LogP contribution in [-0.4, -0.2) is 18.0 Å². The van der Waals surface area contributed by atoms with Gasteiger partial charge in [0.05, 0.1) is 6.61 Å². The van der Waals surface area contributed by atoms with Crippen LogP contribution >= 0.6 is 0 Å². The monoisotopic (exact) mass is 102 g/mol. The Kier molecular flexibility index (Phi) is 1.30. The van der Waals surface area contributed by atoms with E-state index in [-0.39, 0.29) is 0 Å². The zero-order valence-electron chi connectivity index (χ0n) is 4.42. The second-order valence-electron chi connectivity index (χ2n) is 2.13. The molecule has 2 atom stereocenters. The Morgan fingerprint density at radius 1 is 1.71 bits per heavy atom. The lowest BCUT2D eigenvalue weighted by Crippen LogP contribution is -2.00. The molecule has 7 heavy (non-hydrogen) atoms. The van der Waals surface area contributed by atoms with E-state index in [1.807, 2.05) is 0 Å². The van der Waals surface area contributed by atoms with Crippen molar-refractivity contribution < 1.29 is 9.84 Å². The molecule has 1 N–H and O–H groups in total. The highest BCUT2D eigenvalue weighted by molar-refractivity contribution is 4.60. The van der Waals surface area contributed by atoms with Crippen LogP contribution in [0.5, 0.6) is 0 Å². The highest BCUT2D eigenvalue weighted by Gasteiger charge is 2.18. The van der Waals surface area contributed by atoms with Crippen LogP contribution in [0.15, 0.2) is 0 Å². The first-order valence-electron chi connectivity index (χ1n) is 2.58. The van der Waals surface area contributed by atoms with E-state index in [0.717, 1.165) is 13.0 Å². The third-order valence-electron chi connectivity index (χ3n) is 1.18. The van der Waals surface area contributed by atoms with Gasteiger partial charge in [0.1, 0.15) is 0 Å². The van der Waals surface area contributed by atoms with Gasteiger partial charge in [0.2, 0.25) is 0 Å². The lowest BCUT2D eigenvalue weighted by molar-refractivity contribution is -0.0591. The van der Waals surface area contributed by atoms with Gasteiger partial charge in [-0.15, -0.1) is 0 Å². The molecule has 0 radical (unpaired) electrons. The number of aliphatic hydroxyl groups is 1. The molecule has 1 rings (SSSR count). The third-order valence-corrected chi connectivity index (χ3v) is 1.18. The maximum Gasteiger partial charge on any atom is 0.154 e. The van der Waals surface area contributed by atoms with Crippen LogP contribution in [0.3, 0.4) is 0 Å². The van der Waals surface area contributed by atoms with Gasteiger partial charge in [-0.3, -0.25) is 0 Å². The lowest BCUT2D eigenvalue weighted by atomic mass is 10.1. The summed E-state index contributed by atoms with van der Waals surface area (Å²) in [5, 5.41) is 8.68. The third kappa shape index (κ3) is 1.14. The Labute approximate surface area is 43.1 Å². The summed E-state index contributed by atoms with van der Waals surface area (Å²) in [4.78, 5) is 0. The maximum atomic E-state index is 8.68. The Bertz CT molecular complexity index is 55.1. The summed E-state index contributed by atoms with van der Waals surface area (Å²) in [5.41, 5.74) is 0. The van der Waals surface area contributed by atoms with Crippen LogP contribution in [0.4, 0.5) is 0 Å². The van der Waals surface area contributed by atoms with Gasteiger partial charge in [0, 0.05) is 6.42 Å². The molecular weight excluding hydrogens is 92.1 g/mol. The van der Waals surface area contributed by atoms with E-state index in [9.17, 15) is 0 Å². The summed E-state index contributed by atoms with van der Waals surface area (Å²) in [7, 11) is 0. The lowest BCUT2D eigenvalue weighted by Gasteiger charge is -1.94. The normalized spacial score (nSPS) is 42.0. The van der Waals surface area contributed by atoms with Gasteiger partial charge in [-0.1, -0.05) is 6.92 Å². The quantitative estimate of drug-likeness (QED) is 0.478. The van der Waals surface area contributed by atoms with Crippen molar-refractivity contribution in [1.82, 2.24) is 0 Å². The highest BCUT2D eigenvalue weighted by Crippen LogP contribution is 2.15. The number of aliphatic hydroxyl groups excluding tert-OH is 1. The van der Waals surface area contributed by atoms with Crippen molar-refractivity contribution in [2.75, 3.05) is 6.61 Å². The van der Waals surface area contributed by atoms with E-state index in [2.05, 4.69) is 6.92 Å². The summed E-state index contributed by atoms with van der Waals surface area (Å²) in [6, 6.07) is 0. The van der Waals surface area contributed by atoms with Gasteiger partial charge >= 0.3 is 0 Å². The SMILES string of the molecule is CC1COC(O)C1. The first-order valence-corrected chi connectivity index (χ1v) is 2.58. The predicted molar refractivity (Wildman–Crippen MR) is 25.7 cm³/mol. The number of hydrogen-bond donors (Lipinski definition) is 1. The Morgan fingerprint density at radius 3 is 2.57 bits per heavy atom. The molecule has 1 aliphatic rings. The van der Waals surface area contributed by atoms with Crippen LogP contribution in [0.2, 0.25) is 0 Å². The van der Waals surface area contributed by atoms with E-state index < -0.39 is 6.29 Å². The van der Waals surface area contributed by atoms with Crippen molar-refractivity contribution in [2.45, 2.75) is 19.6 Å². The van der Waals surface area contributed by atoms with Crippen LogP contribution in [0.25, 0.3) is 0 Å². The summed E-state index contributed by atoms with van der Waals surface area (Å²) in [5.74, 6) is 0.551. The number of ether oxygens (including phenoxy) is 1. The van der Waals surface area contributed by atoms with Crippen LogP contribution in [0.1, 0.15) is 13.3 Å². The van der Waals surface area contributed by atoms with Gasteiger partial charge in [-0.2, -0.15) is 0 Å². The largest absolute Gasteiger partial charge is 0.368 e. The fourth-order valence-electron chi connectivity index (χ4n) is 0.756. The average molecular weight is 102 g/mol. The Balaban J connectivity index is 2.26. The van der Waals surface area contributed by atoms with Crippen molar-refractivity contribution in [3.63, 3.8) is 0 Å². The van der Waals surface area contributed by atoms with E-state index in [1.54, 1.807) is 0 Å². The molecule has 0 aliphatic carbocycles. The van der Waals surface area contributed by atoms with Crippen molar-refractivity contribution in [2.24, 2.45) is 5.92 Å². The van der Waals surface area contributed by atoms with Gasteiger partial charge < -0.3 is 9.84 Å². The van der Waals surface area contributed by atoms with Crippen molar-refractivity contribution in [3.8, 4) is 0 Å². The molecule has 0 aromatic heterocycles. The fourth-order valence-corrected chi connectivity index (χ4v) is 0.756. The molecule has 0 amide bonds. The molecule has 2 unspecified atom stereocenters. The highest BCUT2D eigenvalue weighted by atomic mass is 16.6. The molecule has 1 aliphatic heterocycles. The smallest absolute Gasteiger partial charge is 0.154 e. The zero-order chi connectivity index (χ0) is 5.28. The minimum absolute atomic E-state index is 0.477. The van der Waals surface area contributed by atoms with Gasteiger partial charge in [0.15, 0.2) is 6.29 Å². The summed E-state index contributed by atoms with van der Waals surface area (Å²) < 4.78 is 4.82. The van der Waals surface area contributed by atoms with Crippen molar-refractivity contribution in [3.05, 3.63) is 0 Å². The van der Waals surface area contributed by atoms with Crippen molar-refractivity contribution >= 4 is 0 Å². The first-order chi connectivity index (χ1) is 3.29. The minimum atomic E-state index is -0.477.